The van der Waals surface area contributed by atoms with Crippen LogP contribution in [0.25, 0.3) is 73.2 Å². The van der Waals surface area contributed by atoms with Crippen molar-refractivity contribution in [2.45, 2.75) is 0 Å². The van der Waals surface area contributed by atoms with E-state index in [1.54, 1.807) is 91.0 Å². The van der Waals surface area contributed by atoms with Crippen molar-refractivity contribution in [3.63, 3.8) is 0 Å². The highest BCUT2D eigenvalue weighted by Gasteiger charge is 2.18. The monoisotopic (exact) mass is 622 g/mol. The molecule has 7 rings (SSSR count). The number of phenols is 2. The highest BCUT2D eigenvalue weighted by Crippen LogP contribution is 2.33. The zero-order valence-electron chi connectivity index (χ0n) is 25.0. The average molecular weight is 623 g/mol. The Kier molecular flexibility index (Phi) is 7.72. The Morgan fingerprint density at radius 2 is 0.896 bits per heavy atom. The van der Waals surface area contributed by atoms with Crippen LogP contribution in [0.15, 0.2) is 121 Å². The van der Waals surface area contributed by atoms with Crippen LogP contribution in [-0.4, -0.2) is 40.1 Å². The molecule has 0 amide bonds. The highest BCUT2D eigenvalue weighted by molar-refractivity contribution is 5.75. The fourth-order valence-electron chi connectivity index (χ4n) is 5.07. The molecule has 2 heterocycles. The van der Waals surface area contributed by atoms with Gasteiger partial charge in [0.05, 0.1) is 29.3 Å². The van der Waals surface area contributed by atoms with Crippen LogP contribution in [0, 0.1) is 17.9 Å². The summed E-state index contributed by atoms with van der Waals surface area (Å²) >= 11 is 0. The number of nitriles is 1. The van der Waals surface area contributed by atoms with Gasteiger partial charge in [-0.1, -0.05) is 72.8 Å². The summed E-state index contributed by atoms with van der Waals surface area (Å²) in [5, 5.41) is 30.8. The van der Waals surface area contributed by atoms with Gasteiger partial charge in [-0.3, -0.25) is 0 Å². The molecule has 0 saturated heterocycles. The topological polar surface area (TPSA) is 146 Å². The van der Waals surface area contributed by atoms with Gasteiger partial charge in [-0.2, -0.15) is 5.26 Å². The lowest BCUT2D eigenvalue weighted by molar-refractivity contribution is 0.476. The molecule has 0 unspecified atom stereocenters. The summed E-state index contributed by atoms with van der Waals surface area (Å²) in [5.41, 5.74) is 4.20. The van der Waals surface area contributed by atoms with Gasteiger partial charge in [-0.15, -0.1) is 0 Å². The van der Waals surface area contributed by atoms with Crippen LogP contribution in [0.3, 0.4) is 0 Å². The molecule has 10 nitrogen and oxygen atoms in total. The van der Waals surface area contributed by atoms with Crippen molar-refractivity contribution in [3.05, 3.63) is 138 Å². The molecule has 5 aromatic carbocycles. The second kappa shape index (κ2) is 12.6. The molecule has 0 saturated carbocycles. The van der Waals surface area contributed by atoms with Crippen LogP contribution in [0.1, 0.15) is 5.56 Å². The second-order valence-corrected chi connectivity index (χ2v) is 10.6. The minimum Gasteiger partial charge on any atom is -0.507 e. The minimum absolute atomic E-state index is 0.0109. The molecule has 226 valence electrons. The third-order valence-electron chi connectivity index (χ3n) is 7.42. The Bertz CT molecular complexity index is 2270. The zero-order chi connectivity index (χ0) is 33.0. The summed E-state index contributed by atoms with van der Waals surface area (Å²) in [5.74, 6) is 1.84. The van der Waals surface area contributed by atoms with Crippen molar-refractivity contribution in [2.75, 3.05) is 0 Å². The van der Waals surface area contributed by atoms with E-state index in [2.05, 4.69) is 20.9 Å². The van der Waals surface area contributed by atoms with E-state index in [0.717, 1.165) is 0 Å². The smallest absolute Gasteiger partial charge is 0.187 e. The zero-order valence-corrected chi connectivity index (χ0v) is 25.0. The lowest BCUT2D eigenvalue weighted by atomic mass is 10.1. The Balaban J connectivity index is 1.40. The molecule has 0 aliphatic heterocycles. The van der Waals surface area contributed by atoms with Crippen LogP contribution in [-0.2, 0) is 0 Å². The summed E-state index contributed by atoms with van der Waals surface area (Å²) in [6.07, 6.45) is 0. The van der Waals surface area contributed by atoms with Crippen molar-refractivity contribution in [1.29, 1.82) is 5.26 Å². The first-order valence-corrected chi connectivity index (χ1v) is 14.7. The van der Waals surface area contributed by atoms with Gasteiger partial charge in [-0.25, -0.2) is 34.7 Å². The largest absolute Gasteiger partial charge is 0.507 e. The molecule has 0 aliphatic rings. The first-order valence-electron chi connectivity index (χ1n) is 14.7. The van der Waals surface area contributed by atoms with Crippen molar-refractivity contribution in [3.8, 4) is 85.9 Å². The molecule has 0 spiro atoms. The average Bonchev–Trinajstić information content (AvgIpc) is 3.15. The van der Waals surface area contributed by atoms with Crippen LogP contribution in [0.4, 0.5) is 5.69 Å². The molecule has 0 fully saturated rings. The maximum absolute atomic E-state index is 10.7. The number of hydrogen-bond acceptors (Lipinski definition) is 9. The molecular weight excluding hydrogens is 600 g/mol. The van der Waals surface area contributed by atoms with Gasteiger partial charge in [-0.05, 0) is 48.5 Å². The summed E-state index contributed by atoms with van der Waals surface area (Å²) < 4.78 is 0. The van der Waals surface area contributed by atoms with Crippen molar-refractivity contribution >= 4 is 5.69 Å². The number of rotatable bonds is 6. The first kappa shape index (κ1) is 29.4. The van der Waals surface area contributed by atoms with Crippen LogP contribution < -0.4 is 0 Å². The molecule has 0 radical (unpaired) electrons. The fourth-order valence-corrected chi connectivity index (χ4v) is 5.07. The standard InChI is InChI=1S/C38H22N8O2/c1-40-28-14-8-13-27(21-28)36-42-35(45-38(46-36)30-16-3-5-18-32(30)48)26-12-7-11-25(20-26)34-41-33(24-10-6-9-23(19-24)22-39)43-37(44-34)29-15-2-4-17-31(29)47/h2-21,47-48H. The third kappa shape index (κ3) is 5.88. The van der Waals surface area contributed by atoms with E-state index in [1.807, 2.05) is 30.3 Å². The molecule has 2 aromatic heterocycles. The molecule has 48 heavy (non-hydrogen) atoms. The number of para-hydroxylation sites is 2. The molecule has 0 atom stereocenters. The van der Waals surface area contributed by atoms with Gasteiger partial charge < -0.3 is 10.2 Å². The van der Waals surface area contributed by atoms with Gasteiger partial charge in [0, 0.05) is 22.3 Å². The lowest BCUT2D eigenvalue weighted by Crippen LogP contribution is -2.02. The van der Waals surface area contributed by atoms with Gasteiger partial charge in [0.1, 0.15) is 11.5 Å². The van der Waals surface area contributed by atoms with E-state index >= 15 is 0 Å². The maximum atomic E-state index is 10.7. The SMILES string of the molecule is [C-]#[N+]c1cccc(-c2nc(-c3cccc(-c4nc(-c5cccc(C#N)c5)nc(-c5ccccc5O)n4)c3)nc(-c3ccccc3O)n2)c1. The van der Waals surface area contributed by atoms with E-state index in [4.69, 9.17) is 26.5 Å². The Hall–Kier alpha value is -7.30. The molecule has 10 heteroatoms. The van der Waals surface area contributed by atoms with E-state index in [0.29, 0.717) is 67.9 Å². The fraction of sp³-hybridized carbons (Fsp3) is 0. The summed E-state index contributed by atoms with van der Waals surface area (Å²) in [6.45, 7) is 7.46. The number of benzene rings is 5. The van der Waals surface area contributed by atoms with E-state index < -0.39 is 0 Å². The molecular formula is C38H22N8O2. The molecule has 2 N–H and O–H groups in total. The predicted molar refractivity (Wildman–Crippen MR) is 180 cm³/mol. The lowest BCUT2D eigenvalue weighted by Gasteiger charge is -2.11. The predicted octanol–water partition coefficient (Wildman–Crippen LogP) is 7.89. The van der Waals surface area contributed by atoms with E-state index in [1.165, 1.54) is 0 Å². The van der Waals surface area contributed by atoms with Crippen LogP contribution >= 0.6 is 0 Å². The molecule has 7 aromatic rings. The summed E-state index contributed by atoms with van der Waals surface area (Å²) in [6, 6.07) is 37.0. The van der Waals surface area contributed by atoms with Crippen molar-refractivity contribution in [2.24, 2.45) is 0 Å². The van der Waals surface area contributed by atoms with Gasteiger partial charge in [0.15, 0.2) is 40.6 Å². The van der Waals surface area contributed by atoms with Gasteiger partial charge in [0.25, 0.3) is 0 Å². The normalized spacial score (nSPS) is 10.6. The maximum Gasteiger partial charge on any atom is 0.187 e. The summed E-state index contributed by atoms with van der Waals surface area (Å²) in [4.78, 5) is 31.9. The van der Waals surface area contributed by atoms with Gasteiger partial charge >= 0.3 is 0 Å². The number of hydrogen-bond donors (Lipinski definition) is 2. The molecule has 0 bridgehead atoms. The molecule has 0 aliphatic carbocycles. The quantitative estimate of drug-likeness (QED) is 0.177. The highest BCUT2D eigenvalue weighted by atomic mass is 16.3. The third-order valence-corrected chi connectivity index (χ3v) is 7.42. The number of aromatic nitrogens is 6. The van der Waals surface area contributed by atoms with E-state index in [9.17, 15) is 15.5 Å². The summed E-state index contributed by atoms with van der Waals surface area (Å²) in [7, 11) is 0. The number of aromatic hydroxyl groups is 2. The first-order chi connectivity index (χ1) is 23.5. The van der Waals surface area contributed by atoms with Crippen LogP contribution in [0.2, 0.25) is 0 Å². The van der Waals surface area contributed by atoms with Crippen LogP contribution in [0.5, 0.6) is 11.5 Å². The Morgan fingerprint density at radius 1 is 0.479 bits per heavy atom. The second-order valence-electron chi connectivity index (χ2n) is 10.6. The van der Waals surface area contributed by atoms with E-state index in [-0.39, 0.29) is 23.1 Å². The minimum atomic E-state index is 0.0109. The number of nitrogens with zero attached hydrogens (tertiary/aromatic N) is 8. The van der Waals surface area contributed by atoms with Crippen molar-refractivity contribution in [1.82, 2.24) is 29.9 Å². The van der Waals surface area contributed by atoms with Gasteiger partial charge in [0.2, 0.25) is 0 Å². The Labute approximate surface area is 274 Å². The van der Waals surface area contributed by atoms with Crippen molar-refractivity contribution < 1.29 is 10.2 Å². The number of phenolic OH excluding ortho intramolecular Hbond substituents is 2. The Morgan fingerprint density at radius 3 is 1.38 bits per heavy atom.